The first kappa shape index (κ1) is 24.5. The number of nitrogens with zero attached hydrogens (tertiary/aromatic N) is 3. The number of anilines is 1. The van der Waals surface area contributed by atoms with Crippen LogP contribution < -0.4 is 10.6 Å². The quantitative estimate of drug-likeness (QED) is 0.501. The van der Waals surface area contributed by atoms with Gasteiger partial charge in [0.1, 0.15) is 5.82 Å². The topological polar surface area (TPSA) is 100 Å². The Kier molecular flexibility index (Phi) is 7.87. The fourth-order valence-electron chi connectivity index (χ4n) is 4.01. The highest BCUT2D eigenvalue weighted by atomic mass is 19.1. The molecule has 1 aromatic heterocycles. The number of carbonyl (C=O) groups excluding carboxylic acids is 2. The van der Waals surface area contributed by atoms with Gasteiger partial charge in [0.05, 0.1) is 17.8 Å². The molecule has 1 fully saturated rings. The average Bonchev–Trinajstić information content (AvgIpc) is 3.33. The summed E-state index contributed by atoms with van der Waals surface area (Å²) in [5.41, 5.74) is 1.68. The molecule has 8 nitrogen and oxygen atoms in total. The molecular formula is C26H30FN5O3. The molecule has 0 aliphatic carbocycles. The summed E-state index contributed by atoms with van der Waals surface area (Å²) in [5.74, 6) is 0.171. The van der Waals surface area contributed by atoms with E-state index in [2.05, 4.69) is 25.7 Å². The van der Waals surface area contributed by atoms with E-state index in [4.69, 9.17) is 4.52 Å². The van der Waals surface area contributed by atoms with Crippen molar-refractivity contribution in [2.24, 2.45) is 5.92 Å². The number of aromatic nitrogens is 2. The zero-order valence-corrected chi connectivity index (χ0v) is 20.0. The molecule has 2 aromatic carbocycles. The van der Waals surface area contributed by atoms with Gasteiger partial charge in [0, 0.05) is 17.5 Å². The number of rotatable bonds is 8. The van der Waals surface area contributed by atoms with Crippen molar-refractivity contribution in [2.45, 2.75) is 45.7 Å². The minimum atomic E-state index is -0.317. The Labute approximate surface area is 203 Å². The summed E-state index contributed by atoms with van der Waals surface area (Å²) in [7, 11) is 0. The van der Waals surface area contributed by atoms with Crippen LogP contribution in [-0.2, 0) is 11.3 Å². The van der Waals surface area contributed by atoms with Crippen molar-refractivity contribution >= 4 is 17.5 Å². The molecule has 2 amide bonds. The first-order valence-corrected chi connectivity index (χ1v) is 11.9. The number of para-hydroxylation sites is 1. The highest BCUT2D eigenvalue weighted by Crippen LogP contribution is 2.23. The van der Waals surface area contributed by atoms with Gasteiger partial charge in [0.25, 0.3) is 5.91 Å². The molecular weight excluding hydrogens is 449 g/mol. The lowest BCUT2D eigenvalue weighted by molar-refractivity contribution is -0.121. The first-order valence-electron chi connectivity index (χ1n) is 11.9. The van der Waals surface area contributed by atoms with Crippen LogP contribution in [-0.4, -0.2) is 46.0 Å². The Bertz CT molecular complexity index is 1160. The van der Waals surface area contributed by atoms with Crippen LogP contribution in [0, 0.1) is 11.7 Å². The van der Waals surface area contributed by atoms with E-state index >= 15 is 0 Å². The van der Waals surface area contributed by atoms with Crippen molar-refractivity contribution in [2.75, 3.05) is 18.4 Å². The number of nitrogens with one attached hydrogen (secondary N) is 2. The van der Waals surface area contributed by atoms with E-state index in [1.165, 1.54) is 12.1 Å². The lowest BCUT2D eigenvalue weighted by atomic mass is 9.95. The molecule has 0 saturated carbocycles. The van der Waals surface area contributed by atoms with E-state index in [9.17, 15) is 14.0 Å². The van der Waals surface area contributed by atoms with Gasteiger partial charge in [0.15, 0.2) is 0 Å². The third kappa shape index (κ3) is 6.30. The van der Waals surface area contributed by atoms with Gasteiger partial charge in [0.2, 0.25) is 17.6 Å². The van der Waals surface area contributed by atoms with Crippen LogP contribution >= 0.6 is 0 Å². The Morgan fingerprint density at radius 3 is 2.57 bits per heavy atom. The predicted octanol–water partition coefficient (Wildman–Crippen LogP) is 4.25. The largest absolute Gasteiger partial charge is 0.350 e. The normalized spacial score (nSPS) is 15.5. The molecule has 2 N–H and O–H groups in total. The number of piperidine rings is 1. The van der Waals surface area contributed by atoms with E-state index in [0.29, 0.717) is 61.0 Å². The number of hydrogen-bond acceptors (Lipinski definition) is 6. The molecule has 1 aliphatic rings. The number of amides is 2. The van der Waals surface area contributed by atoms with Crippen molar-refractivity contribution in [3.05, 3.63) is 65.8 Å². The maximum atomic E-state index is 13.1. The van der Waals surface area contributed by atoms with Gasteiger partial charge in [-0.1, -0.05) is 24.2 Å². The number of carbonyl (C=O) groups is 2. The fraction of sp³-hybridized carbons (Fsp3) is 0.385. The molecule has 3 aromatic rings. The van der Waals surface area contributed by atoms with E-state index in [-0.39, 0.29) is 29.6 Å². The number of hydrogen-bond donors (Lipinski definition) is 2. The Morgan fingerprint density at radius 2 is 1.86 bits per heavy atom. The van der Waals surface area contributed by atoms with Gasteiger partial charge < -0.3 is 15.2 Å². The average molecular weight is 480 g/mol. The first-order chi connectivity index (χ1) is 16.9. The van der Waals surface area contributed by atoms with E-state index in [1.54, 1.807) is 30.3 Å². The third-order valence-corrected chi connectivity index (χ3v) is 6.31. The zero-order valence-electron chi connectivity index (χ0n) is 20.0. The van der Waals surface area contributed by atoms with Crippen molar-refractivity contribution in [1.29, 1.82) is 0 Å². The van der Waals surface area contributed by atoms with Crippen molar-refractivity contribution in [3.63, 3.8) is 0 Å². The molecule has 9 heteroatoms. The minimum Gasteiger partial charge on any atom is -0.350 e. The predicted molar refractivity (Wildman–Crippen MR) is 130 cm³/mol. The summed E-state index contributed by atoms with van der Waals surface area (Å²) in [4.78, 5) is 32.1. The molecule has 1 aliphatic heterocycles. The van der Waals surface area contributed by atoms with E-state index in [0.717, 1.165) is 6.42 Å². The van der Waals surface area contributed by atoms with E-state index in [1.807, 2.05) is 19.9 Å². The van der Waals surface area contributed by atoms with Gasteiger partial charge in [-0.3, -0.25) is 14.5 Å². The Balaban J connectivity index is 1.30. The van der Waals surface area contributed by atoms with Gasteiger partial charge in [-0.25, -0.2) is 4.39 Å². The summed E-state index contributed by atoms with van der Waals surface area (Å²) >= 11 is 0. The van der Waals surface area contributed by atoms with Crippen molar-refractivity contribution in [3.8, 4) is 11.4 Å². The second kappa shape index (κ2) is 11.2. The third-order valence-electron chi connectivity index (χ3n) is 6.31. The van der Waals surface area contributed by atoms with Crippen LogP contribution in [0.1, 0.15) is 49.4 Å². The molecule has 0 bridgehead atoms. The number of benzene rings is 2. The summed E-state index contributed by atoms with van der Waals surface area (Å²) in [6.07, 6.45) is 2.20. The molecule has 35 heavy (non-hydrogen) atoms. The molecule has 1 atom stereocenters. The summed E-state index contributed by atoms with van der Waals surface area (Å²) < 4.78 is 18.5. The Morgan fingerprint density at radius 1 is 1.14 bits per heavy atom. The van der Waals surface area contributed by atoms with Crippen LogP contribution in [0.3, 0.4) is 0 Å². The Hall–Kier alpha value is -3.59. The zero-order chi connectivity index (χ0) is 24.8. The summed E-state index contributed by atoms with van der Waals surface area (Å²) in [6, 6.07) is 13.1. The van der Waals surface area contributed by atoms with Crippen LogP contribution in [0.25, 0.3) is 11.4 Å². The second-order valence-corrected chi connectivity index (χ2v) is 8.89. The lowest BCUT2D eigenvalue weighted by Gasteiger charge is -2.30. The minimum absolute atomic E-state index is 0.0567. The monoisotopic (exact) mass is 479 g/mol. The summed E-state index contributed by atoms with van der Waals surface area (Å²) in [5, 5.41) is 9.89. The van der Waals surface area contributed by atoms with Gasteiger partial charge >= 0.3 is 0 Å². The van der Waals surface area contributed by atoms with Gasteiger partial charge in [-0.15, -0.1) is 0 Å². The standard InChI is InChI=1S/C26H30FN5O3/c1-3-17(2)28-26(34)21-6-4-5-7-22(21)29-25(33)19-12-14-32(15-13-19)16-23-30-24(31-35-23)18-8-10-20(27)11-9-18/h4-11,17,19H,3,12-16H2,1-2H3,(H,28,34)(H,29,33). The smallest absolute Gasteiger partial charge is 0.253 e. The maximum absolute atomic E-state index is 13.1. The lowest BCUT2D eigenvalue weighted by Crippen LogP contribution is -2.38. The van der Waals surface area contributed by atoms with Crippen molar-refractivity contribution in [1.82, 2.24) is 20.4 Å². The molecule has 0 radical (unpaired) electrons. The number of likely N-dealkylation sites (tertiary alicyclic amines) is 1. The molecule has 4 rings (SSSR count). The fourth-order valence-corrected chi connectivity index (χ4v) is 4.01. The van der Waals surface area contributed by atoms with Crippen LogP contribution in [0.15, 0.2) is 53.1 Å². The summed E-state index contributed by atoms with van der Waals surface area (Å²) in [6.45, 7) is 5.87. The van der Waals surface area contributed by atoms with Crippen molar-refractivity contribution < 1.29 is 18.5 Å². The molecule has 1 unspecified atom stereocenters. The second-order valence-electron chi connectivity index (χ2n) is 8.89. The van der Waals surface area contributed by atoms with Crippen LogP contribution in [0.4, 0.5) is 10.1 Å². The van der Waals surface area contributed by atoms with Crippen LogP contribution in [0.5, 0.6) is 0 Å². The van der Waals surface area contributed by atoms with E-state index < -0.39 is 0 Å². The SMILES string of the molecule is CCC(C)NC(=O)c1ccccc1NC(=O)C1CCN(Cc2nc(-c3ccc(F)cc3)no2)CC1. The molecule has 184 valence electrons. The molecule has 1 saturated heterocycles. The molecule has 2 heterocycles. The molecule has 0 spiro atoms. The maximum Gasteiger partial charge on any atom is 0.253 e. The highest BCUT2D eigenvalue weighted by Gasteiger charge is 2.27. The van der Waals surface area contributed by atoms with Gasteiger partial charge in [-0.05, 0) is 75.7 Å². The van der Waals surface area contributed by atoms with Crippen LogP contribution in [0.2, 0.25) is 0 Å². The number of halogens is 1. The highest BCUT2D eigenvalue weighted by molar-refractivity contribution is 6.04. The van der Waals surface area contributed by atoms with Gasteiger partial charge in [-0.2, -0.15) is 4.98 Å².